The first kappa shape index (κ1) is 10.7. The van der Waals surface area contributed by atoms with Crippen LogP contribution in [0.25, 0.3) is 10.8 Å². The largest absolute Gasteiger partial charge is 0.321 e. The zero-order valence-electron chi connectivity index (χ0n) is 9.75. The van der Waals surface area contributed by atoms with Gasteiger partial charge in [-0.05, 0) is 47.4 Å². The molecule has 1 saturated carbocycles. The summed E-state index contributed by atoms with van der Waals surface area (Å²) in [6, 6.07) is 11.0. The van der Waals surface area contributed by atoms with Crippen molar-refractivity contribution >= 4 is 10.8 Å². The van der Waals surface area contributed by atoms with Gasteiger partial charge in [0.05, 0.1) is 0 Å². The van der Waals surface area contributed by atoms with Crippen molar-refractivity contribution in [2.45, 2.75) is 31.2 Å². The molecule has 0 bridgehead atoms. The molecule has 0 radical (unpaired) electrons. The van der Waals surface area contributed by atoms with Gasteiger partial charge in [-0.3, -0.25) is 0 Å². The third kappa shape index (κ3) is 1.83. The molecule has 1 aliphatic carbocycles. The topological polar surface area (TPSA) is 26.0 Å². The molecule has 2 aromatic carbocycles. The lowest BCUT2D eigenvalue weighted by Gasteiger charge is -2.24. The van der Waals surface area contributed by atoms with E-state index >= 15 is 0 Å². The normalized spacial score (nSPS) is 18.7. The molecule has 0 aromatic heterocycles. The SMILES string of the molecule is NC1(c2ccc3cc(F)ccc3c2)CCCC1. The molecule has 0 unspecified atom stereocenters. The quantitative estimate of drug-likeness (QED) is 0.792. The smallest absolute Gasteiger partial charge is 0.123 e. The van der Waals surface area contributed by atoms with E-state index in [2.05, 4.69) is 6.07 Å². The second-order valence-corrected chi connectivity index (χ2v) is 5.07. The monoisotopic (exact) mass is 229 g/mol. The fourth-order valence-corrected chi connectivity index (χ4v) is 2.82. The van der Waals surface area contributed by atoms with Crippen molar-refractivity contribution in [3.8, 4) is 0 Å². The van der Waals surface area contributed by atoms with Crippen molar-refractivity contribution in [3.63, 3.8) is 0 Å². The van der Waals surface area contributed by atoms with Crippen LogP contribution in [0.4, 0.5) is 4.39 Å². The van der Waals surface area contributed by atoms with E-state index in [9.17, 15) is 4.39 Å². The molecule has 0 aliphatic heterocycles. The second kappa shape index (κ2) is 3.81. The second-order valence-electron chi connectivity index (χ2n) is 5.07. The number of hydrogen-bond donors (Lipinski definition) is 1. The van der Waals surface area contributed by atoms with Gasteiger partial charge in [-0.1, -0.05) is 31.0 Å². The van der Waals surface area contributed by atoms with Gasteiger partial charge in [0.15, 0.2) is 0 Å². The zero-order valence-corrected chi connectivity index (χ0v) is 9.75. The van der Waals surface area contributed by atoms with Crippen LogP contribution in [-0.4, -0.2) is 0 Å². The van der Waals surface area contributed by atoms with Crippen LogP contribution in [0.2, 0.25) is 0 Å². The molecule has 0 spiro atoms. The molecule has 0 amide bonds. The summed E-state index contributed by atoms with van der Waals surface area (Å²) >= 11 is 0. The lowest BCUT2D eigenvalue weighted by molar-refractivity contribution is 0.462. The number of halogens is 1. The lowest BCUT2D eigenvalue weighted by Crippen LogP contribution is -2.32. The Balaban J connectivity index is 2.10. The van der Waals surface area contributed by atoms with Crippen molar-refractivity contribution in [1.29, 1.82) is 0 Å². The van der Waals surface area contributed by atoms with E-state index in [0.717, 1.165) is 23.6 Å². The van der Waals surface area contributed by atoms with Gasteiger partial charge in [0.1, 0.15) is 5.82 Å². The number of benzene rings is 2. The summed E-state index contributed by atoms with van der Waals surface area (Å²) in [6.07, 6.45) is 4.52. The fraction of sp³-hybridized carbons (Fsp3) is 0.333. The molecule has 88 valence electrons. The summed E-state index contributed by atoms with van der Waals surface area (Å²) in [7, 11) is 0. The van der Waals surface area contributed by atoms with Crippen molar-refractivity contribution in [2.24, 2.45) is 5.73 Å². The highest BCUT2D eigenvalue weighted by molar-refractivity contribution is 5.83. The maximum atomic E-state index is 13.1. The predicted octanol–water partition coefficient (Wildman–Crippen LogP) is 3.71. The molecule has 1 nitrogen and oxygen atoms in total. The third-order valence-electron chi connectivity index (χ3n) is 3.87. The van der Waals surface area contributed by atoms with E-state index < -0.39 is 0 Å². The van der Waals surface area contributed by atoms with Crippen molar-refractivity contribution < 1.29 is 4.39 Å². The first-order valence-electron chi connectivity index (χ1n) is 6.16. The van der Waals surface area contributed by atoms with Gasteiger partial charge in [-0.25, -0.2) is 4.39 Å². The molecule has 2 aromatic rings. The zero-order chi connectivity index (χ0) is 11.9. The number of nitrogens with two attached hydrogens (primary N) is 1. The summed E-state index contributed by atoms with van der Waals surface area (Å²) in [5.74, 6) is -0.187. The van der Waals surface area contributed by atoms with E-state index in [-0.39, 0.29) is 11.4 Å². The van der Waals surface area contributed by atoms with E-state index in [1.165, 1.54) is 24.5 Å². The van der Waals surface area contributed by atoms with Gasteiger partial charge in [-0.15, -0.1) is 0 Å². The third-order valence-corrected chi connectivity index (χ3v) is 3.87. The lowest BCUT2D eigenvalue weighted by atomic mass is 9.88. The number of hydrogen-bond acceptors (Lipinski definition) is 1. The van der Waals surface area contributed by atoms with Crippen LogP contribution in [0, 0.1) is 5.82 Å². The Hall–Kier alpha value is -1.41. The molecular weight excluding hydrogens is 213 g/mol. The summed E-state index contributed by atoms with van der Waals surface area (Å²) in [4.78, 5) is 0. The molecule has 0 atom stereocenters. The molecule has 2 N–H and O–H groups in total. The van der Waals surface area contributed by atoms with Gasteiger partial charge in [0.2, 0.25) is 0 Å². The molecular formula is C15H16FN. The molecule has 17 heavy (non-hydrogen) atoms. The Labute approximate surface area is 100 Å². The molecule has 3 rings (SSSR count). The summed E-state index contributed by atoms with van der Waals surface area (Å²) in [6.45, 7) is 0. The van der Waals surface area contributed by atoms with Gasteiger partial charge >= 0.3 is 0 Å². The predicted molar refractivity (Wildman–Crippen MR) is 68.2 cm³/mol. The van der Waals surface area contributed by atoms with Gasteiger partial charge < -0.3 is 5.73 Å². The number of rotatable bonds is 1. The maximum Gasteiger partial charge on any atom is 0.123 e. The van der Waals surface area contributed by atoms with E-state index in [4.69, 9.17) is 5.73 Å². The highest BCUT2D eigenvalue weighted by atomic mass is 19.1. The summed E-state index contributed by atoms with van der Waals surface area (Å²) in [5, 5.41) is 2.01. The van der Waals surface area contributed by atoms with Crippen LogP contribution in [0.5, 0.6) is 0 Å². The highest BCUT2D eigenvalue weighted by Gasteiger charge is 2.31. The van der Waals surface area contributed by atoms with Crippen LogP contribution in [-0.2, 0) is 5.54 Å². The molecule has 0 saturated heterocycles. The van der Waals surface area contributed by atoms with Crippen LogP contribution < -0.4 is 5.73 Å². The average Bonchev–Trinajstić information content (AvgIpc) is 2.77. The fourth-order valence-electron chi connectivity index (χ4n) is 2.82. The van der Waals surface area contributed by atoms with Crippen molar-refractivity contribution in [1.82, 2.24) is 0 Å². The highest BCUT2D eigenvalue weighted by Crippen LogP contribution is 2.37. The average molecular weight is 229 g/mol. The minimum atomic E-state index is -0.187. The van der Waals surface area contributed by atoms with Crippen LogP contribution in [0.3, 0.4) is 0 Å². The van der Waals surface area contributed by atoms with Crippen molar-refractivity contribution in [3.05, 3.63) is 47.8 Å². The summed E-state index contributed by atoms with van der Waals surface area (Å²) < 4.78 is 13.1. The summed E-state index contributed by atoms with van der Waals surface area (Å²) in [5.41, 5.74) is 7.45. The standard InChI is InChI=1S/C15H16FN/c16-14-6-4-11-9-13(5-3-12(11)10-14)15(17)7-1-2-8-15/h3-6,9-10H,1-2,7-8,17H2. The Bertz CT molecular complexity index is 556. The Kier molecular flexibility index (Phi) is 2.40. The van der Waals surface area contributed by atoms with E-state index in [0.29, 0.717) is 0 Å². The van der Waals surface area contributed by atoms with Gasteiger partial charge in [-0.2, -0.15) is 0 Å². The van der Waals surface area contributed by atoms with Crippen LogP contribution >= 0.6 is 0 Å². The molecule has 1 aliphatic rings. The Morgan fingerprint density at radius 1 is 0.941 bits per heavy atom. The van der Waals surface area contributed by atoms with Crippen molar-refractivity contribution in [2.75, 3.05) is 0 Å². The minimum Gasteiger partial charge on any atom is -0.321 e. The van der Waals surface area contributed by atoms with E-state index in [1.807, 2.05) is 18.2 Å². The van der Waals surface area contributed by atoms with Gasteiger partial charge in [0, 0.05) is 5.54 Å². The van der Waals surface area contributed by atoms with E-state index in [1.54, 1.807) is 6.07 Å². The first-order valence-corrected chi connectivity index (χ1v) is 6.16. The Morgan fingerprint density at radius 2 is 1.59 bits per heavy atom. The maximum absolute atomic E-state index is 13.1. The van der Waals surface area contributed by atoms with Crippen LogP contribution in [0.15, 0.2) is 36.4 Å². The first-order chi connectivity index (χ1) is 8.17. The van der Waals surface area contributed by atoms with Crippen LogP contribution in [0.1, 0.15) is 31.2 Å². The molecule has 0 heterocycles. The van der Waals surface area contributed by atoms with Gasteiger partial charge in [0.25, 0.3) is 0 Å². The molecule has 2 heteroatoms. The number of fused-ring (bicyclic) bond motifs is 1. The Morgan fingerprint density at radius 3 is 2.35 bits per heavy atom. The molecule has 1 fully saturated rings. The minimum absolute atomic E-state index is 0.164.